The van der Waals surface area contributed by atoms with Gasteiger partial charge in [-0.2, -0.15) is 10.5 Å². The normalized spacial score (nSPS) is 10.8. The molecule has 0 saturated carbocycles. The number of carbonyl (C=O) groups excluding carboxylic acids is 2. The van der Waals surface area contributed by atoms with Gasteiger partial charge >= 0.3 is 0 Å². The van der Waals surface area contributed by atoms with Gasteiger partial charge in [-0.05, 0) is 30.3 Å². The van der Waals surface area contributed by atoms with E-state index in [4.69, 9.17) is 15.3 Å². The van der Waals surface area contributed by atoms with Gasteiger partial charge in [-0.1, -0.05) is 0 Å². The second-order valence-electron chi connectivity index (χ2n) is 4.66. The Labute approximate surface area is 138 Å². The number of nitriles is 2. The first-order chi connectivity index (χ1) is 11.6. The Balaban J connectivity index is 2.12. The average Bonchev–Trinajstić information content (AvgIpc) is 2.63. The molecule has 118 valence electrons. The molecule has 0 radical (unpaired) electrons. The molecular formula is C17H12N4O3. The fourth-order valence-electron chi connectivity index (χ4n) is 1.86. The van der Waals surface area contributed by atoms with Gasteiger partial charge in [0.05, 0.1) is 11.6 Å². The molecule has 0 aliphatic rings. The minimum Gasteiger partial charge on any atom is -0.439 e. The van der Waals surface area contributed by atoms with Crippen LogP contribution in [0, 0.1) is 28.6 Å². The summed E-state index contributed by atoms with van der Waals surface area (Å²) in [5.74, 6) is -1.89. The van der Waals surface area contributed by atoms with Crippen LogP contribution in [0.15, 0.2) is 42.6 Å². The van der Waals surface area contributed by atoms with Gasteiger partial charge in [-0.3, -0.25) is 9.59 Å². The molecule has 1 aromatic heterocycles. The highest BCUT2D eigenvalue weighted by Crippen LogP contribution is 2.21. The van der Waals surface area contributed by atoms with Gasteiger partial charge in [0.15, 0.2) is 11.7 Å². The Morgan fingerprint density at radius 1 is 1.17 bits per heavy atom. The van der Waals surface area contributed by atoms with Crippen LogP contribution in [0.5, 0.6) is 11.6 Å². The Kier molecular flexibility index (Phi) is 5.22. The van der Waals surface area contributed by atoms with Crippen LogP contribution in [-0.4, -0.2) is 23.7 Å². The van der Waals surface area contributed by atoms with Gasteiger partial charge in [-0.25, -0.2) is 4.98 Å². The van der Waals surface area contributed by atoms with Crippen molar-refractivity contribution in [3.8, 4) is 23.8 Å². The Bertz CT molecular complexity index is 830. The lowest BCUT2D eigenvalue weighted by Crippen LogP contribution is -2.32. The van der Waals surface area contributed by atoms with Gasteiger partial charge in [0.2, 0.25) is 11.8 Å². The number of nitrogens with zero attached hydrogens (tertiary/aromatic N) is 3. The van der Waals surface area contributed by atoms with E-state index >= 15 is 0 Å². The van der Waals surface area contributed by atoms with Gasteiger partial charge in [0.25, 0.3) is 0 Å². The number of aromatic nitrogens is 1. The molecule has 24 heavy (non-hydrogen) atoms. The average molecular weight is 320 g/mol. The number of rotatable bonds is 5. The van der Waals surface area contributed by atoms with E-state index in [1.807, 2.05) is 6.07 Å². The van der Waals surface area contributed by atoms with Gasteiger partial charge in [0, 0.05) is 24.9 Å². The first-order valence-corrected chi connectivity index (χ1v) is 6.88. The van der Waals surface area contributed by atoms with Crippen molar-refractivity contribution in [3.05, 3.63) is 53.7 Å². The van der Waals surface area contributed by atoms with E-state index in [1.54, 1.807) is 18.2 Å². The molecule has 1 N–H and O–H groups in total. The van der Waals surface area contributed by atoms with Crippen LogP contribution < -0.4 is 10.1 Å². The summed E-state index contributed by atoms with van der Waals surface area (Å²) in [5.41, 5.74) is 0.644. The van der Waals surface area contributed by atoms with Crippen LogP contribution in [0.4, 0.5) is 0 Å². The van der Waals surface area contributed by atoms with Crippen molar-refractivity contribution in [2.45, 2.75) is 0 Å². The molecule has 0 saturated heterocycles. The molecule has 2 rings (SSSR count). The topological polar surface area (TPSA) is 116 Å². The molecule has 0 aliphatic carbocycles. The summed E-state index contributed by atoms with van der Waals surface area (Å²) in [5, 5.41) is 20.0. The second kappa shape index (κ2) is 7.52. The van der Waals surface area contributed by atoms with Crippen molar-refractivity contribution in [2.24, 2.45) is 5.92 Å². The first-order valence-electron chi connectivity index (χ1n) is 6.88. The van der Waals surface area contributed by atoms with Gasteiger partial charge in [0.1, 0.15) is 11.8 Å². The minimum atomic E-state index is -1.39. The van der Waals surface area contributed by atoms with Gasteiger partial charge < -0.3 is 10.1 Å². The van der Waals surface area contributed by atoms with Crippen LogP contribution >= 0.6 is 0 Å². The molecule has 0 aliphatic heterocycles. The predicted octanol–water partition coefficient (Wildman–Crippen LogP) is 1.81. The zero-order valence-electron chi connectivity index (χ0n) is 12.7. The Morgan fingerprint density at radius 2 is 1.88 bits per heavy atom. The SMILES string of the molecule is CNC(=O)C(C#N)C(=O)c1ccc(Oc2ccc(C#N)cn2)cc1. The van der Waals surface area contributed by atoms with Crippen molar-refractivity contribution in [1.29, 1.82) is 10.5 Å². The van der Waals surface area contributed by atoms with Crippen molar-refractivity contribution < 1.29 is 14.3 Å². The smallest absolute Gasteiger partial charge is 0.245 e. The number of benzene rings is 1. The lowest BCUT2D eigenvalue weighted by Gasteiger charge is -2.08. The highest BCUT2D eigenvalue weighted by molar-refractivity contribution is 6.12. The van der Waals surface area contributed by atoms with Crippen LogP contribution in [0.2, 0.25) is 0 Å². The summed E-state index contributed by atoms with van der Waals surface area (Å²) in [7, 11) is 1.36. The van der Waals surface area contributed by atoms with E-state index < -0.39 is 17.6 Å². The zero-order chi connectivity index (χ0) is 17.5. The molecule has 0 fully saturated rings. The fraction of sp³-hybridized carbons (Fsp3) is 0.118. The maximum absolute atomic E-state index is 12.1. The molecule has 7 nitrogen and oxygen atoms in total. The maximum Gasteiger partial charge on any atom is 0.245 e. The van der Waals surface area contributed by atoms with Crippen molar-refractivity contribution in [3.63, 3.8) is 0 Å². The van der Waals surface area contributed by atoms with Crippen molar-refractivity contribution in [1.82, 2.24) is 10.3 Å². The number of Topliss-reactive ketones (excluding diaryl/α,β-unsaturated/α-hetero) is 1. The minimum absolute atomic E-state index is 0.227. The summed E-state index contributed by atoms with van der Waals surface area (Å²) in [6.07, 6.45) is 1.38. The predicted molar refractivity (Wildman–Crippen MR) is 83.0 cm³/mol. The standard InChI is InChI=1S/C17H12N4O3/c1-20-17(23)14(9-19)16(22)12-3-5-13(6-4-12)24-15-7-2-11(8-18)10-21-15/h2-7,10,14H,1H3,(H,20,23). The number of hydrogen-bond donors (Lipinski definition) is 1. The zero-order valence-corrected chi connectivity index (χ0v) is 12.7. The van der Waals surface area contributed by atoms with Crippen LogP contribution in [0.3, 0.4) is 0 Å². The summed E-state index contributed by atoms with van der Waals surface area (Å²) in [4.78, 5) is 27.6. The first kappa shape index (κ1) is 16.7. The number of ketones is 1. The van der Waals surface area contributed by atoms with E-state index in [9.17, 15) is 9.59 Å². The number of amides is 1. The molecular weight excluding hydrogens is 308 g/mol. The van der Waals surface area contributed by atoms with Crippen LogP contribution in [0.25, 0.3) is 0 Å². The van der Waals surface area contributed by atoms with E-state index in [-0.39, 0.29) is 5.56 Å². The van der Waals surface area contributed by atoms with Crippen LogP contribution in [-0.2, 0) is 4.79 Å². The number of carbonyl (C=O) groups is 2. The molecule has 1 aromatic carbocycles. The molecule has 1 atom stereocenters. The van der Waals surface area contributed by atoms with Crippen LogP contribution in [0.1, 0.15) is 15.9 Å². The molecule has 2 aromatic rings. The highest BCUT2D eigenvalue weighted by Gasteiger charge is 2.26. The lowest BCUT2D eigenvalue weighted by molar-refractivity contribution is -0.121. The Morgan fingerprint density at radius 3 is 2.38 bits per heavy atom. The van der Waals surface area contributed by atoms with Gasteiger partial charge in [-0.15, -0.1) is 0 Å². The Hall–Kier alpha value is -3.71. The fourth-order valence-corrected chi connectivity index (χ4v) is 1.86. The van der Waals surface area contributed by atoms with Crippen molar-refractivity contribution in [2.75, 3.05) is 7.05 Å². The number of nitrogens with one attached hydrogen (secondary N) is 1. The number of pyridine rings is 1. The highest BCUT2D eigenvalue weighted by atomic mass is 16.5. The third-order valence-corrected chi connectivity index (χ3v) is 3.13. The summed E-state index contributed by atoms with van der Waals surface area (Å²) >= 11 is 0. The molecule has 0 bridgehead atoms. The van der Waals surface area contributed by atoms with E-state index in [0.717, 1.165) is 0 Å². The third kappa shape index (κ3) is 3.73. The summed E-state index contributed by atoms with van der Waals surface area (Å²) in [6, 6.07) is 12.8. The van der Waals surface area contributed by atoms with E-state index in [1.165, 1.54) is 37.5 Å². The monoisotopic (exact) mass is 320 g/mol. The number of hydrogen-bond acceptors (Lipinski definition) is 6. The van der Waals surface area contributed by atoms with E-state index in [2.05, 4.69) is 10.3 Å². The van der Waals surface area contributed by atoms with E-state index in [0.29, 0.717) is 17.2 Å². The molecule has 1 unspecified atom stereocenters. The summed E-state index contributed by atoms with van der Waals surface area (Å²) in [6.45, 7) is 0. The molecule has 1 heterocycles. The third-order valence-electron chi connectivity index (χ3n) is 3.13. The molecule has 7 heteroatoms. The molecule has 1 amide bonds. The second-order valence-corrected chi connectivity index (χ2v) is 4.66. The molecule has 0 spiro atoms. The summed E-state index contributed by atoms with van der Waals surface area (Å²) < 4.78 is 5.49. The number of ether oxygens (including phenoxy) is 1. The lowest BCUT2D eigenvalue weighted by atomic mass is 9.98. The van der Waals surface area contributed by atoms with Crippen molar-refractivity contribution >= 4 is 11.7 Å². The quantitative estimate of drug-likeness (QED) is 0.663. The maximum atomic E-state index is 12.1. The largest absolute Gasteiger partial charge is 0.439 e.